The zero-order valence-electron chi connectivity index (χ0n) is 38.7. The van der Waals surface area contributed by atoms with Crippen LogP contribution in [0.15, 0.2) is 158 Å². The summed E-state index contributed by atoms with van der Waals surface area (Å²) < 4.78 is 9.21. The second kappa shape index (κ2) is 14.3. The molecular weight excluding hydrogens is 829 g/mol. The average Bonchev–Trinajstić information content (AvgIpc) is 4.04. The summed E-state index contributed by atoms with van der Waals surface area (Å²) in [4.78, 5) is 4.72. The van der Waals surface area contributed by atoms with E-state index in [1.807, 2.05) is 0 Å². The Balaban J connectivity index is 1.40. The van der Waals surface area contributed by atoms with E-state index >= 15 is 0 Å². The summed E-state index contributed by atoms with van der Waals surface area (Å²) in [6, 6.07) is 59.6. The zero-order valence-corrected chi connectivity index (χ0v) is 38.7. The molecule has 13 rings (SSSR count). The van der Waals surface area contributed by atoms with Crippen LogP contribution >= 0.6 is 0 Å². The monoisotopic (exact) mass is 872 g/mol. The summed E-state index contributed by atoms with van der Waals surface area (Å²) in [6.07, 6.45) is 0. The van der Waals surface area contributed by atoms with Crippen LogP contribution < -0.4 is 0 Å². The van der Waals surface area contributed by atoms with Crippen molar-refractivity contribution >= 4 is 92.9 Å². The van der Waals surface area contributed by atoms with Crippen LogP contribution in [-0.2, 0) is 0 Å². The maximum Gasteiger partial charge on any atom is 0.237 e. The lowest BCUT2D eigenvalue weighted by molar-refractivity contribution is 1.03. The molecule has 0 atom stereocenters. The topological polar surface area (TPSA) is 47.9 Å². The molecule has 0 aliphatic heterocycles. The van der Waals surface area contributed by atoms with Crippen LogP contribution in [0, 0.1) is 59.4 Å². The number of nitrogens with zero attached hydrogens (tertiary/aromatic N) is 6. The molecule has 6 nitrogen and oxygen atoms in total. The molecule has 0 bridgehead atoms. The molecule has 0 spiro atoms. The van der Waals surface area contributed by atoms with Crippen LogP contribution in [0.25, 0.3) is 115 Å². The molecule has 4 aromatic heterocycles. The Kier molecular flexibility index (Phi) is 8.33. The SMILES string of the molecule is [C-]#[N+]c1c(-n2c3ccccc3c3ccccc32)c(C#N)c(-n2c3ccc(C)cc3c3cc(C)ccc32)c(-n2c3ccc(C)cc3c3cc(C)ccc32)c1-n1c2ccc(C)cc2c2cc(C)ccc21. The molecule has 0 saturated heterocycles. The number of aryl methyl sites for hydroxylation is 6. The number of aromatic nitrogens is 4. The van der Waals surface area contributed by atoms with Gasteiger partial charge in [0.25, 0.3) is 0 Å². The highest BCUT2D eigenvalue weighted by molar-refractivity contribution is 6.17. The quantitative estimate of drug-likeness (QED) is 0.163. The van der Waals surface area contributed by atoms with Gasteiger partial charge in [0.05, 0.1) is 79.0 Å². The van der Waals surface area contributed by atoms with Gasteiger partial charge in [-0.25, -0.2) is 4.85 Å². The van der Waals surface area contributed by atoms with Gasteiger partial charge in [0.2, 0.25) is 5.69 Å². The molecule has 0 fully saturated rings. The fraction of sp³-hybridized carbons (Fsp3) is 0.0968. The van der Waals surface area contributed by atoms with E-state index in [9.17, 15) is 11.8 Å². The molecule has 13 aromatic rings. The van der Waals surface area contributed by atoms with Crippen molar-refractivity contribution in [2.45, 2.75) is 41.5 Å². The minimum Gasteiger partial charge on any atom is -0.318 e. The molecule has 0 aliphatic rings. The van der Waals surface area contributed by atoms with Gasteiger partial charge in [0.1, 0.15) is 6.07 Å². The highest BCUT2D eigenvalue weighted by Crippen LogP contribution is 2.52. The van der Waals surface area contributed by atoms with Crippen molar-refractivity contribution in [1.82, 2.24) is 18.3 Å². The fourth-order valence-electron chi connectivity index (χ4n) is 11.4. The molecular formula is C62H44N6. The smallest absolute Gasteiger partial charge is 0.237 e. The molecule has 68 heavy (non-hydrogen) atoms. The lowest BCUT2D eigenvalue weighted by Crippen LogP contribution is -2.14. The Morgan fingerprint density at radius 1 is 0.338 bits per heavy atom. The number of nitriles is 1. The second-order valence-electron chi connectivity index (χ2n) is 18.8. The van der Waals surface area contributed by atoms with Crippen molar-refractivity contribution < 1.29 is 0 Å². The Morgan fingerprint density at radius 3 is 0.941 bits per heavy atom. The van der Waals surface area contributed by atoms with Gasteiger partial charge in [0, 0.05) is 43.1 Å². The predicted octanol–water partition coefficient (Wildman–Crippen LogP) is 16.3. The first-order valence-corrected chi connectivity index (χ1v) is 23.2. The maximum absolute atomic E-state index is 12.3. The van der Waals surface area contributed by atoms with Gasteiger partial charge in [-0.2, -0.15) is 5.26 Å². The first-order chi connectivity index (χ1) is 33.1. The Morgan fingerprint density at radius 2 is 0.618 bits per heavy atom. The normalized spacial score (nSPS) is 11.9. The molecule has 9 aromatic carbocycles. The number of fused-ring (bicyclic) bond motifs is 12. The van der Waals surface area contributed by atoms with Crippen LogP contribution in [-0.4, -0.2) is 18.3 Å². The van der Waals surface area contributed by atoms with E-state index in [0.29, 0.717) is 28.3 Å². The Bertz CT molecular complexity index is 4080. The molecule has 0 saturated carbocycles. The number of hydrogen-bond acceptors (Lipinski definition) is 1. The molecule has 0 N–H and O–H groups in total. The minimum absolute atomic E-state index is 0.383. The van der Waals surface area contributed by atoms with Gasteiger partial charge in [-0.15, -0.1) is 0 Å². The fourth-order valence-corrected chi connectivity index (χ4v) is 11.4. The third kappa shape index (κ3) is 5.37. The Labute approximate surface area is 393 Å². The zero-order chi connectivity index (χ0) is 46.3. The highest BCUT2D eigenvalue weighted by Gasteiger charge is 2.34. The van der Waals surface area contributed by atoms with Gasteiger partial charge in [-0.1, -0.05) is 106 Å². The van der Waals surface area contributed by atoms with Crippen LogP contribution in [0.1, 0.15) is 38.9 Å². The van der Waals surface area contributed by atoms with Gasteiger partial charge in [-0.3, -0.25) is 0 Å². The average molecular weight is 873 g/mol. The third-order valence-corrected chi connectivity index (χ3v) is 14.3. The number of para-hydroxylation sites is 2. The third-order valence-electron chi connectivity index (χ3n) is 14.3. The van der Waals surface area contributed by atoms with Gasteiger partial charge < -0.3 is 18.3 Å². The van der Waals surface area contributed by atoms with E-state index in [1.54, 1.807) is 0 Å². The molecule has 6 heteroatoms. The van der Waals surface area contributed by atoms with Crippen LogP contribution in [0.5, 0.6) is 0 Å². The van der Waals surface area contributed by atoms with Crippen LogP contribution in [0.4, 0.5) is 5.69 Å². The van der Waals surface area contributed by atoms with E-state index in [-0.39, 0.29) is 0 Å². The lowest BCUT2D eigenvalue weighted by atomic mass is 10.0. The summed E-state index contributed by atoms with van der Waals surface area (Å²) in [5.41, 5.74) is 18.1. The molecule has 0 unspecified atom stereocenters. The molecule has 4 heterocycles. The van der Waals surface area contributed by atoms with Crippen molar-refractivity contribution in [2.24, 2.45) is 0 Å². The maximum atomic E-state index is 12.3. The summed E-state index contributed by atoms with van der Waals surface area (Å²) in [5.74, 6) is 0. The minimum atomic E-state index is 0.383. The van der Waals surface area contributed by atoms with Crippen molar-refractivity contribution in [3.63, 3.8) is 0 Å². The molecule has 0 radical (unpaired) electrons. The number of benzene rings is 9. The Hall–Kier alpha value is -8.84. The van der Waals surface area contributed by atoms with Gasteiger partial charge in [0.15, 0.2) is 0 Å². The summed E-state index contributed by atoms with van der Waals surface area (Å²) in [7, 11) is 0. The van der Waals surface area contributed by atoms with E-state index in [4.69, 9.17) is 4.85 Å². The predicted molar refractivity (Wildman–Crippen MR) is 283 cm³/mol. The summed E-state index contributed by atoms with van der Waals surface area (Å²) in [6.45, 7) is 22.5. The molecule has 0 amide bonds. The molecule has 322 valence electrons. The summed E-state index contributed by atoms with van der Waals surface area (Å²) >= 11 is 0. The standard InChI is InChI=1S/C62H44N6/c1-35-16-22-52-43(28-35)44-29-36(2)17-23-53(44)66(52)60-49(34-63)59(65-50-14-10-8-12-41(50)42-13-9-11-15-51(42)65)58(64-7)61(67-54-24-18-37(3)30-45(54)46-31-38(4)19-25-55(46)67)62(60)68-56-26-20-39(5)32-47(56)48-33-40(6)21-27-57(48)68/h8-33H,1-6H3. The first kappa shape index (κ1) is 39.5. The number of hydrogen-bond donors (Lipinski definition) is 0. The summed E-state index contributed by atoms with van der Waals surface area (Å²) in [5, 5.41) is 21.1. The van der Waals surface area contributed by atoms with Crippen molar-refractivity contribution in [3.8, 4) is 28.8 Å². The van der Waals surface area contributed by atoms with E-state index in [2.05, 4.69) is 224 Å². The second-order valence-corrected chi connectivity index (χ2v) is 18.8. The highest BCUT2D eigenvalue weighted by atomic mass is 15.1. The van der Waals surface area contributed by atoms with Crippen LogP contribution in [0.3, 0.4) is 0 Å². The lowest BCUT2D eigenvalue weighted by Gasteiger charge is -2.27. The van der Waals surface area contributed by atoms with E-state index in [0.717, 1.165) is 126 Å². The van der Waals surface area contributed by atoms with Crippen LogP contribution in [0.2, 0.25) is 0 Å². The number of rotatable bonds is 4. The largest absolute Gasteiger partial charge is 0.318 e. The van der Waals surface area contributed by atoms with E-state index < -0.39 is 0 Å². The van der Waals surface area contributed by atoms with Gasteiger partial charge in [-0.05, 0) is 126 Å². The molecule has 0 aliphatic carbocycles. The van der Waals surface area contributed by atoms with Crippen molar-refractivity contribution in [1.29, 1.82) is 5.26 Å². The van der Waals surface area contributed by atoms with Crippen molar-refractivity contribution in [2.75, 3.05) is 0 Å². The van der Waals surface area contributed by atoms with E-state index in [1.165, 1.54) is 0 Å². The van der Waals surface area contributed by atoms with Gasteiger partial charge >= 0.3 is 0 Å². The van der Waals surface area contributed by atoms with Crippen molar-refractivity contribution in [3.05, 3.63) is 208 Å². The first-order valence-electron chi connectivity index (χ1n) is 23.2.